The Kier molecular flexibility index (Phi) is 3.97. The van der Waals surface area contributed by atoms with E-state index in [2.05, 4.69) is 31.4 Å². The zero-order valence-corrected chi connectivity index (χ0v) is 13.2. The molecule has 1 aliphatic rings. The molecule has 9 heteroatoms. The number of likely N-dealkylation sites (tertiary alicyclic amines) is 1. The Hall–Kier alpha value is -2.16. The first-order chi connectivity index (χ1) is 10.5. The van der Waals surface area contributed by atoms with Crippen LogP contribution in [0.5, 0.6) is 0 Å². The van der Waals surface area contributed by atoms with Gasteiger partial charge in [0.1, 0.15) is 0 Å². The number of carbonyl (C=O) groups is 2. The number of aromatic nitrogens is 3. The molecule has 0 aliphatic carbocycles. The van der Waals surface area contributed by atoms with Crippen LogP contribution in [0.1, 0.15) is 12.8 Å². The van der Waals surface area contributed by atoms with Crippen molar-refractivity contribution in [3.8, 4) is 0 Å². The molecule has 0 bridgehead atoms. The molecule has 1 aliphatic heterocycles. The Bertz CT molecular complexity index is 732. The smallest absolute Gasteiger partial charge is 0.324 e. The molecule has 2 aromatic rings. The lowest BCUT2D eigenvalue weighted by atomic mass is 9.99. The number of hydrogen-bond donors (Lipinski definition) is 2. The van der Waals surface area contributed by atoms with Gasteiger partial charge in [-0.1, -0.05) is 0 Å². The summed E-state index contributed by atoms with van der Waals surface area (Å²) in [6, 6.07) is 3.24. The molecule has 1 atom stereocenters. The van der Waals surface area contributed by atoms with Gasteiger partial charge >= 0.3 is 12.0 Å². The third-order valence-corrected chi connectivity index (χ3v) is 4.11. The third kappa shape index (κ3) is 2.89. The second-order valence-corrected chi connectivity index (χ2v) is 6.07. The van der Waals surface area contributed by atoms with Crippen LogP contribution in [-0.2, 0) is 4.79 Å². The van der Waals surface area contributed by atoms with Gasteiger partial charge < -0.3 is 10.0 Å². The lowest BCUT2D eigenvalue weighted by Crippen LogP contribution is -2.44. The van der Waals surface area contributed by atoms with Gasteiger partial charge in [-0.05, 0) is 40.9 Å². The van der Waals surface area contributed by atoms with Crippen LogP contribution in [0.3, 0.4) is 0 Å². The second kappa shape index (κ2) is 5.91. The van der Waals surface area contributed by atoms with Gasteiger partial charge in [-0.25, -0.2) is 4.79 Å². The first kappa shape index (κ1) is 14.8. The van der Waals surface area contributed by atoms with Crippen LogP contribution in [0.15, 0.2) is 22.8 Å². The van der Waals surface area contributed by atoms with Crippen molar-refractivity contribution < 1.29 is 14.7 Å². The summed E-state index contributed by atoms with van der Waals surface area (Å²) < 4.78 is 2.49. The van der Waals surface area contributed by atoms with Crippen LogP contribution in [0.4, 0.5) is 10.7 Å². The number of carboxylic acid groups (broad SMARTS) is 1. The molecule has 3 heterocycles. The minimum atomic E-state index is -0.866. The van der Waals surface area contributed by atoms with E-state index in [1.165, 1.54) is 4.90 Å². The molecule has 3 rings (SSSR count). The summed E-state index contributed by atoms with van der Waals surface area (Å²) in [5.41, 5.74) is 0.612. The van der Waals surface area contributed by atoms with E-state index >= 15 is 0 Å². The van der Waals surface area contributed by atoms with Crippen molar-refractivity contribution in [2.24, 2.45) is 5.92 Å². The van der Waals surface area contributed by atoms with Crippen LogP contribution in [-0.4, -0.2) is 49.7 Å². The maximum atomic E-state index is 12.3. The Morgan fingerprint density at radius 2 is 2.18 bits per heavy atom. The largest absolute Gasteiger partial charge is 0.481 e. The highest BCUT2D eigenvalue weighted by Crippen LogP contribution is 2.19. The summed E-state index contributed by atoms with van der Waals surface area (Å²) in [5.74, 6) is -1.07. The topological polar surface area (TPSA) is 99.8 Å². The number of urea groups is 1. The van der Waals surface area contributed by atoms with Gasteiger partial charge in [0.05, 0.1) is 5.92 Å². The van der Waals surface area contributed by atoms with Gasteiger partial charge in [0.25, 0.3) is 0 Å². The number of anilines is 1. The molecular weight excluding hydrogens is 354 g/mol. The molecule has 1 unspecified atom stereocenters. The van der Waals surface area contributed by atoms with Crippen molar-refractivity contribution in [2.45, 2.75) is 12.8 Å². The van der Waals surface area contributed by atoms with Crippen molar-refractivity contribution in [1.82, 2.24) is 19.5 Å². The number of carbonyl (C=O) groups excluding carboxylic acids is 1. The number of halogens is 1. The van der Waals surface area contributed by atoms with Gasteiger partial charge in [0.15, 0.2) is 5.65 Å². The number of aliphatic carboxylic acids is 1. The number of pyridine rings is 1. The number of nitrogens with zero attached hydrogens (tertiary/aromatic N) is 4. The highest BCUT2D eigenvalue weighted by molar-refractivity contribution is 9.10. The Labute approximate surface area is 134 Å². The molecule has 1 fully saturated rings. The molecule has 2 N–H and O–H groups in total. The van der Waals surface area contributed by atoms with Crippen LogP contribution in [0.2, 0.25) is 0 Å². The summed E-state index contributed by atoms with van der Waals surface area (Å²) >= 11 is 3.35. The fourth-order valence-corrected chi connectivity index (χ4v) is 2.82. The molecule has 22 heavy (non-hydrogen) atoms. The number of rotatable bonds is 2. The van der Waals surface area contributed by atoms with Crippen molar-refractivity contribution >= 4 is 39.5 Å². The highest BCUT2D eigenvalue weighted by Gasteiger charge is 2.28. The van der Waals surface area contributed by atoms with E-state index in [1.54, 1.807) is 16.7 Å². The summed E-state index contributed by atoms with van der Waals surface area (Å²) in [7, 11) is 0. The fraction of sp³-hybridized carbons (Fsp3) is 0.385. The maximum absolute atomic E-state index is 12.3. The third-order valence-electron chi connectivity index (χ3n) is 3.64. The number of hydrogen-bond acceptors (Lipinski definition) is 4. The summed E-state index contributed by atoms with van der Waals surface area (Å²) in [6.07, 6.45) is 3.03. The first-order valence-corrected chi connectivity index (χ1v) is 7.63. The summed E-state index contributed by atoms with van der Waals surface area (Å²) in [5, 5.41) is 19.7. The summed E-state index contributed by atoms with van der Waals surface area (Å²) in [6.45, 7) is 0.748. The first-order valence-electron chi connectivity index (χ1n) is 6.83. The van der Waals surface area contributed by atoms with Crippen molar-refractivity contribution in [2.75, 3.05) is 18.4 Å². The Balaban J connectivity index is 1.75. The Morgan fingerprint density at radius 1 is 1.36 bits per heavy atom. The zero-order chi connectivity index (χ0) is 15.7. The van der Waals surface area contributed by atoms with Gasteiger partial charge in [0.2, 0.25) is 5.95 Å². The molecule has 0 saturated carbocycles. The number of fused-ring (bicyclic) bond motifs is 1. The quantitative estimate of drug-likeness (QED) is 0.842. The van der Waals surface area contributed by atoms with Crippen molar-refractivity contribution in [3.63, 3.8) is 0 Å². The number of carboxylic acids is 1. The van der Waals surface area contributed by atoms with Crippen molar-refractivity contribution in [1.29, 1.82) is 0 Å². The highest BCUT2D eigenvalue weighted by atomic mass is 79.9. The zero-order valence-electron chi connectivity index (χ0n) is 11.6. The molecule has 0 spiro atoms. The monoisotopic (exact) mass is 367 g/mol. The lowest BCUT2D eigenvalue weighted by molar-refractivity contribution is -0.143. The molecule has 8 nitrogen and oxygen atoms in total. The van der Waals surface area contributed by atoms with Crippen LogP contribution >= 0.6 is 15.9 Å². The molecule has 2 amide bonds. The van der Waals surface area contributed by atoms with Gasteiger partial charge in [-0.15, -0.1) is 10.2 Å². The van der Waals surface area contributed by atoms with Gasteiger partial charge in [-0.2, -0.15) is 0 Å². The minimum Gasteiger partial charge on any atom is -0.481 e. The van der Waals surface area contributed by atoms with Gasteiger partial charge in [-0.3, -0.25) is 14.5 Å². The number of piperidine rings is 1. The predicted octanol–water partition coefficient (Wildman–Crippen LogP) is 1.82. The van der Waals surface area contributed by atoms with E-state index in [9.17, 15) is 9.59 Å². The van der Waals surface area contributed by atoms with E-state index in [0.29, 0.717) is 31.0 Å². The fourth-order valence-electron chi connectivity index (χ4n) is 2.49. The average molecular weight is 368 g/mol. The predicted molar refractivity (Wildman–Crippen MR) is 81.6 cm³/mol. The second-order valence-electron chi connectivity index (χ2n) is 5.15. The molecule has 1 saturated heterocycles. The van der Waals surface area contributed by atoms with E-state index in [0.717, 1.165) is 4.47 Å². The van der Waals surface area contributed by atoms with Crippen LogP contribution in [0, 0.1) is 5.92 Å². The van der Waals surface area contributed by atoms with E-state index < -0.39 is 11.9 Å². The Morgan fingerprint density at radius 3 is 2.95 bits per heavy atom. The normalized spacial score (nSPS) is 18.4. The molecule has 0 radical (unpaired) electrons. The maximum Gasteiger partial charge on any atom is 0.324 e. The van der Waals surface area contributed by atoms with Crippen LogP contribution in [0.25, 0.3) is 5.65 Å². The standard InChI is InChI=1S/C13H14BrN5O3/c14-9-3-4-10-16-17-12(19(10)7-9)15-13(22)18-5-1-2-8(6-18)11(20)21/h3-4,7-8H,1-2,5-6H2,(H,20,21)(H,15,17,22). The SMILES string of the molecule is O=C(O)C1CCCN(C(=O)Nc2nnc3ccc(Br)cn23)C1. The van der Waals surface area contributed by atoms with E-state index in [4.69, 9.17) is 5.11 Å². The molecule has 0 aromatic carbocycles. The number of amides is 2. The van der Waals surface area contributed by atoms with Crippen LogP contribution < -0.4 is 5.32 Å². The molecule has 116 valence electrons. The number of nitrogens with one attached hydrogen (secondary N) is 1. The van der Waals surface area contributed by atoms with Crippen molar-refractivity contribution in [3.05, 3.63) is 22.8 Å². The summed E-state index contributed by atoms with van der Waals surface area (Å²) in [4.78, 5) is 24.9. The minimum absolute atomic E-state index is 0.210. The van der Waals surface area contributed by atoms with E-state index in [-0.39, 0.29) is 12.6 Å². The van der Waals surface area contributed by atoms with E-state index in [1.807, 2.05) is 6.07 Å². The molecular formula is C13H14BrN5O3. The van der Waals surface area contributed by atoms with Gasteiger partial charge in [0, 0.05) is 23.8 Å². The molecule has 2 aromatic heterocycles. The average Bonchev–Trinajstić information content (AvgIpc) is 2.89. The lowest BCUT2D eigenvalue weighted by Gasteiger charge is -2.30.